The largest absolute Gasteiger partial charge is 0.391 e. The molecular weight excluding hydrogens is 246 g/mol. The monoisotopic (exact) mass is 259 g/mol. The molecule has 0 spiro atoms. The number of rotatable bonds is 5. The first-order valence-electron chi connectivity index (χ1n) is 5.01. The van der Waals surface area contributed by atoms with E-state index in [1.807, 2.05) is 13.0 Å². The molecule has 3 nitrogen and oxygen atoms in total. The van der Waals surface area contributed by atoms with Gasteiger partial charge in [-0.3, -0.25) is 4.79 Å². The third kappa shape index (κ3) is 4.79. The van der Waals surface area contributed by atoms with Crippen molar-refractivity contribution in [1.82, 2.24) is 5.32 Å². The molecule has 2 N–H and O–H groups in total. The number of aliphatic hydroxyl groups excluding tert-OH is 1. The summed E-state index contributed by atoms with van der Waals surface area (Å²) >= 11 is 7.16. The summed E-state index contributed by atoms with van der Waals surface area (Å²) in [6, 6.07) is 3.63. The van der Waals surface area contributed by atoms with Crippen LogP contribution in [0.1, 0.15) is 18.2 Å². The van der Waals surface area contributed by atoms with Crippen LogP contribution < -0.4 is 5.32 Å². The summed E-state index contributed by atoms with van der Waals surface area (Å²) in [5, 5.41) is 11.8. The Kier molecular flexibility index (Phi) is 5.52. The number of amides is 1. The van der Waals surface area contributed by atoms with Gasteiger partial charge in [0.25, 0.3) is 0 Å². The fraction of sp³-hybridized carbons (Fsp3) is 0.364. The highest BCUT2D eigenvalue weighted by molar-refractivity contribution is 7.17. The maximum atomic E-state index is 11.3. The molecule has 0 aliphatic heterocycles. The fourth-order valence-electron chi connectivity index (χ4n) is 0.997. The number of hydrogen-bond acceptors (Lipinski definition) is 3. The first-order chi connectivity index (χ1) is 7.61. The molecule has 0 aromatic carbocycles. The lowest BCUT2D eigenvalue weighted by atomic mass is 10.3. The average Bonchev–Trinajstić information content (AvgIpc) is 2.69. The van der Waals surface area contributed by atoms with Gasteiger partial charge < -0.3 is 10.4 Å². The van der Waals surface area contributed by atoms with E-state index >= 15 is 0 Å². The Balaban J connectivity index is 2.36. The second-order valence-corrected chi connectivity index (χ2v) is 5.03. The van der Waals surface area contributed by atoms with Gasteiger partial charge in [-0.1, -0.05) is 18.5 Å². The van der Waals surface area contributed by atoms with Crippen molar-refractivity contribution in [1.29, 1.82) is 0 Å². The van der Waals surface area contributed by atoms with Crippen LogP contribution in [0.2, 0.25) is 4.34 Å². The van der Waals surface area contributed by atoms with Crippen molar-refractivity contribution in [3.63, 3.8) is 0 Å². The normalized spacial score (nSPS) is 12.9. The summed E-state index contributed by atoms with van der Waals surface area (Å²) in [4.78, 5) is 12.2. The highest BCUT2D eigenvalue weighted by atomic mass is 35.5. The standard InChI is InChI=1S/C11H14ClNO2S/c1-2-8(14)7-13-11(15)6-4-9-3-5-10(12)16-9/h3-6,8,14H,2,7H2,1H3,(H,13,15)/b6-4+. The number of nitrogens with one attached hydrogen (secondary N) is 1. The fourth-order valence-corrected chi connectivity index (χ4v) is 1.96. The quantitative estimate of drug-likeness (QED) is 0.798. The molecule has 1 unspecified atom stereocenters. The molecule has 1 aromatic rings. The lowest BCUT2D eigenvalue weighted by molar-refractivity contribution is -0.116. The van der Waals surface area contributed by atoms with Gasteiger partial charge in [0, 0.05) is 17.5 Å². The zero-order chi connectivity index (χ0) is 12.0. The van der Waals surface area contributed by atoms with E-state index in [0.717, 1.165) is 4.88 Å². The van der Waals surface area contributed by atoms with Gasteiger partial charge in [0.15, 0.2) is 0 Å². The first kappa shape index (κ1) is 13.2. The van der Waals surface area contributed by atoms with Gasteiger partial charge >= 0.3 is 0 Å². The summed E-state index contributed by atoms with van der Waals surface area (Å²) < 4.78 is 0.696. The van der Waals surface area contributed by atoms with Gasteiger partial charge in [-0.15, -0.1) is 11.3 Å². The van der Waals surface area contributed by atoms with Gasteiger partial charge in [-0.05, 0) is 24.6 Å². The molecule has 1 amide bonds. The molecule has 5 heteroatoms. The van der Waals surface area contributed by atoms with Gasteiger partial charge in [0.1, 0.15) is 0 Å². The summed E-state index contributed by atoms with van der Waals surface area (Å²) in [7, 11) is 0. The van der Waals surface area contributed by atoms with Crippen molar-refractivity contribution in [2.75, 3.05) is 6.54 Å². The van der Waals surface area contributed by atoms with Gasteiger partial charge in [-0.2, -0.15) is 0 Å². The van der Waals surface area contributed by atoms with Crippen LogP contribution in [0.3, 0.4) is 0 Å². The molecule has 1 heterocycles. The summed E-state index contributed by atoms with van der Waals surface area (Å²) in [6.07, 6.45) is 3.28. The molecule has 1 rings (SSSR count). The molecule has 0 bridgehead atoms. The van der Waals surface area contributed by atoms with E-state index in [-0.39, 0.29) is 12.5 Å². The van der Waals surface area contributed by atoms with E-state index in [1.54, 1.807) is 12.1 Å². The van der Waals surface area contributed by atoms with Crippen LogP contribution in [0.4, 0.5) is 0 Å². The van der Waals surface area contributed by atoms with Crippen molar-refractivity contribution in [2.24, 2.45) is 0 Å². The molecule has 1 atom stereocenters. The maximum Gasteiger partial charge on any atom is 0.244 e. The summed E-state index contributed by atoms with van der Waals surface area (Å²) in [5.74, 6) is -0.211. The Bertz CT molecular complexity index is 376. The molecule has 88 valence electrons. The minimum Gasteiger partial charge on any atom is -0.391 e. The van der Waals surface area contributed by atoms with E-state index in [4.69, 9.17) is 11.6 Å². The second-order valence-electron chi connectivity index (χ2n) is 3.28. The summed E-state index contributed by atoms with van der Waals surface area (Å²) in [5.41, 5.74) is 0. The third-order valence-corrected chi connectivity index (χ3v) is 3.17. The second kappa shape index (κ2) is 6.68. The van der Waals surface area contributed by atoms with Crippen molar-refractivity contribution in [3.05, 3.63) is 27.4 Å². The minimum absolute atomic E-state index is 0.211. The smallest absolute Gasteiger partial charge is 0.244 e. The minimum atomic E-state index is -0.478. The number of carbonyl (C=O) groups is 1. The van der Waals surface area contributed by atoms with Crippen molar-refractivity contribution >= 4 is 34.9 Å². The number of aliphatic hydroxyl groups is 1. The number of hydrogen-bond donors (Lipinski definition) is 2. The number of halogens is 1. The van der Waals surface area contributed by atoms with Crippen LogP contribution in [0.5, 0.6) is 0 Å². The average molecular weight is 260 g/mol. The first-order valence-corrected chi connectivity index (χ1v) is 6.20. The SMILES string of the molecule is CCC(O)CNC(=O)/C=C/c1ccc(Cl)s1. The van der Waals surface area contributed by atoms with Crippen LogP contribution in [0.15, 0.2) is 18.2 Å². The van der Waals surface area contributed by atoms with Crippen LogP contribution in [0, 0.1) is 0 Å². The Hall–Kier alpha value is -0.840. The van der Waals surface area contributed by atoms with E-state index in [2.05, 4.69) is 5.32 Å². The molecule has 0 fully saturated rings. The number of thiophene rings is 1. The van der Waals surface area contributed by atoms with Crippen LogP contribution >= 0.6 is 22.9 Å². The van der Waals surface area contributed by atoms with Crippen LogP contribution in [-0.4, -0.2) is 23.7 Å². The topological polar surface area (TPSA) is 49.3 Å². The lowest BCUT2D eigenvalue weighted by Crippen LogP contribution is -2.30. The Labute approximate surface area is 104 Å². The predicted molar refractivity (Wildman–Crippen MR) is 67.7 cm³/mol. The predicted octanol–water partition coefficient (Wildman–Crippen LogP) is 2.30. The third-order valence-electron chi connectivity index (χ3n) is 1.98. The highest BCUT2D eigenvalue weighted by Crippen LogP contribution is 2.22. The number of carbonyl (C=O) groups excluding carboxylic acids is 1. The van der Waals surface area contributed by atoms with Crippen LogP contribution in [-0.2, 0) is 4.79 Å². The molecule has 0 aliphatic rings. The molecular formula is C11H14ClNO2S. The molecule has 0 aliphatic carbocycles. The highest BCUT2D eigenvalue weighted by Gasteiger charge is 2.02. The van der Waals surface area contributed by atoms with Crippen molar-refractivity contribution in [3.8, 4) is 0 Å². The van der Waals surface area contributed by atoms with E-state index in [0.29, 0.717) is 10.8 Å². The van der Waals surface area contributed by atoms with E-state index in [1.165, 1.54) is 17.4 Å². The molecule has 0 radical (unpaired) electrons. The Morgan fingerprint density at radius 1 is 1.69 bits per heavy atom. The Morgan fingerprint density at radius 2 is 2.44 bits per heavy atom. The summed E-state index contributed by atoms with van der Waals surface area (Å²) in [6.45, 7) is 2.14. The maximum absolute atomic E-state index is 11.3. The van der Waals surface area contributed by atoms with Gasteiger partial charge in [0.2, 0.25) is 5.91 Å². The van der Waals surface area contributed by atoms with Crippen molar-refractivity contribution in [2.45, 2.75) is 19.4 Å². The zero-order valence-corrected chi connectivity index (χ0v) is 10.5. The lowest BCUT2D eigenvalue weighted by Gasteiger charge is -2.06. The van der Waals surface area contributed by atoms with Crippen molar-refractivity contribution < 1.29 is 9.90 Å². The van der Waals surface area contributed by atoms with E-state index in [9.17, 15) is 9.90 Å². The Morgan fingerprint density at radius 3 is 3.00 bits per heavy atom. The molecule has 0 saturated carbocycles. The van der Waals surface area contributed by atoms with Gasteiger partial charge in [-0.25, -0.2) is 0 Å². The molecule has 16 heavy (non-hydrogen) atoms. The molecule has 1 aromatic heterocycles. The van der Waals surface area contributed by atoms with Gasteiger partial charge in [0.05, 0.1) is 10.4 Å². The molecule has 0 saturated heterocycles. The van der Waals surface area contributed by atoms with Crippen LogP contribution in [0.25, 0.3) is 6.08 Å². The van der Waals surface area contributed by atoms with E-state index < -0.39 is 6.10 Å². The zero-order valence-electron chi connectivity index (χ0n) is 8.94.